The lowest BCUT2D eigenvalue weighted by Gasteiger charge is -2.24. The summed E-state index contributed by atoms with van der Waals surface area (Å²) >= 11 is 0. The van der Waals surface area contributed by atoms with Gasteiger partial charge >= 0.3 is 0 Å². The van der Waals surface area contributed by atoms with Gasteiger partial charge in [-0.1, -0.05) is 13.8 Å². The number of anilines is 1. The summed E-state index contributed by atoms with van der Waals surface area (Å²) in [4.78, 5) is 37.9. The average molecular weight is 472 g/mol. The lowest BCUT2D eigenvalue weighted by Crippen LogP contribution is -2.42. The van der Waals surface area contributed by atoms with E-state index in [1.54, 1.807) is 13.8 Å². The van der Waals surface area contributed by atoms with Crippen LogP contribution in [0.2, 0.25) is 0 Å². The van der Waals surface area contributed by atoms with Crippen molar-refractivity contribution in [3.63, 3.8) is 0 Å². The molecule has 0 heterocycles. The van der Waals surface area contributed by atoms with E-state index >= 15 is 0 Å². The Kier molecular flexibility index (Phi) is 13.4. The molecule has 0 saturated heterocycles. The number of carbonyl (C=O) groups excluding carboxylic acids is 3. The van der Waals surface area contributed by atoms with E-state index in [1.807, 2.05) is 13.8 Å². The molecule has 0 spiro atoms. The Morgan fingerprint density at radius 1 is 0.727 bits per heavy atom. The van der Waals surface area contributed by atoms with Crippen molar-refractivity contribution >= 4 is 23.4 Å². The standard InChI is InChI=1S/C20H31N3O8.C2H6/c1-9-15(19(30)21-13(5-24)6-25)10(2)17(23-18(29)12(4)28)11(3)16(9)20(31)22-14(7-26)8-27;1-2/h12-14,24-28H,5-8H2,1-4H3,(H,21,30)(H,22,31)(H,23,29);1-2H3. The summed E-state index contributed by atoms with van der Waals surface area (Å²) in [5, 5.41) is 54.0. The van der Waals surface area contributed by atoms with Crippen LogP contribution in [-0.2, 0) is 4.79 Å². The van der Waals surface area contributed by atoms with E-state index in [0.717, 1.165) is 0 Å². The van der Waals surface area contributed by atoms with Gasteiger partial charge in [0.2, 0.25) is 0 Å². The number of benzene rings is 1. The normalized spacial score (nSPS) is 11.5. The van der Waals surface area contributed by atoms with Gasteiger partial charge < -0.3 is 41.5 Å². The van der Waals surface area contributed by atoms with Crippen molar-refractivity contribution in [1.82, 2.24) is 10.6 Å². The second-order valence-electron chi connectivity index (χ2n) is 7.24. The highest BCUT2D eigenvalue weighted by molar-refractivity contribution is 6.08. The van der Waals surface area contributed by atoms with Crippen LogP contribution in [0.1, 0.15) is 58.2 Å². The Hall–Kier alpha value is -2.57. The number of aliphatic hydroxyl groups is 5. The van der Waals surface area contributed by atoms with Crippen LogP contribution in [-0.4, -0.2) is 87.9 Å². The maximum atomic E-state index is 12.9. The smallest absolute Gasteiger partial charge is 0.252 e. The number of carbonyl (C=O) groups is 3. The molecule has 0 saturated carbocycles. The number of aliphatic hydroxyl groups excluding tert-OH is 5. The molecule has 11 nitrogen and oxygen atoms in total. The Morgan fingerprint density at radius 2 is 1.06 bits per heavy atom. The fraction of sp³-hybridized carbons (Fsp3) is 0.591. The molecule has 1 atom stereocenters. The summed E-state index contributed by atoms with van der Waals surface area (Å²) in [6.45, 7) is 7.82. The van der Waals surface area contributed by atoms with Crippen LogP contribution < -0.4 is 16.0 Å². The molecule has 188 valence electrons. The molecule has 33 heavy (non-hydrogen) atoms. The minimum atomic E-state index is -1.35. The van der Waals surface area contributed by atoms with Crippen LogP contribution in [0.15, 0.2) is 0 Å². The van der Waals surface area contributed by atoms with Gasteiger partial charge in [-0.2, -0.15) is 0 Å². The van der Waals surface area contributed by atoms with E-state index in [2.05, 4.69) is 16.0 Å². The first-order valence-electron chi connectivity index (χ1n) is 10.7. The highest BCUT2D eigenvalue weighted by Gasteiger charge is 2.28. The van der Waals surface area contributed by atoms with Crippen molar-refractivity contribution in [3.05, 3.63) is 27.8 Å². The van der Waals surface area contributed by atoms with Crippen molar-refractivity contribution < 1.29 is 39.9 Å². The summed E-state index contributed by atoms with van der Waals surface area (Å²) < 4.78 is 0. The van der Waals surface area contributed by atoms with Gasteiger partial charge in [-0.05, 0) is 44.4 Å². The SMILES string of the molecule is CC.Cc1c(NC(=O)C(C)O)c(C)c(C(=O)NC(CO)CO)c(C)c1C(=O)NC(CO)CO. The molecule has 1 unspecified atom stereocenters. The van der Waals surface area contributed by atoms with Gasteiger partial charge in [0.25, 0.3) is 17.7 Å². The molecule has 0 aromatic heterocycles. The lowest BCUT2D eigenvalue weighted by atomic mass is 9.89. The van der Waals surface area contributed by atoms with Crippen molar-refractivity contribution in [2.45, 2.75) is 59.7 Å². The van der Waals surface area contributed by atoms with E-state index in [1.165, 1.54) is 13.8 Å². The highest BCUT2D eigenvalue weighted by atomic mass is 16.3. The quantitative estimate of drug-likeness (QED) is 0.216. The molecule has 1 rings (SSSR count). The number of hydrogen-bond acceptors (Lipinski definition) is 8. The maximum absolute atomic E-state index is 12.9. The minimum Gasteiger partial charge on any atom is -0.394 e. The van der Waals surface area contributed by atoms with E-state index < -0.39 is 62.3 Å². The van der Waals surface area contributed by atoms with Crippen LogP contribution in [0.4, 0.5) is 5.69 Å². The second-order valence-corrected chi connectivity index (χ2v) is 7.24. The summed E-state index contributed by atoms with van der Waals surface area (Å²) in [6.07, 6.45) is -1.35. The zero-order valence-electron chi connectivity index (χ0n) is 20.0. The van der Waals surface area contributed by atoms with E-state index in [4.69, 9.17) is 0 Å². The zero-order chi connectivity index (χ0) is 25.9. The minimum absolute atomic E-state index is 0.0353. The summed E-state index contributed by atoms with van der Waals surface area (Å²) in [6, 6.07) is -1.87. The molecule has 3 amide bonds. The van der Waals surface area contributed by atoms with Gasteiger partial charge in [0.05, 0.1) is 38.5 Å². The molecule has 0 bridgehead atoms. The Balaban J connectivity index is 0.00000497. The fourth-order valence-electron chi connectivity index (χ4n) is 3.13. The van der Waals surface area contributed by atoms with Gasteiger partial charge in [-0.15, -0.1) is 0 Å². The Labute approximate surface area is 193 Å². The third kappa shape index (κ3) is 7.76. The van der Waals surface area contributed by atoms with Crippen LogP contribution in [0.3, 0.4) is 0 Å². The van der Waals surface area contributed by atoms with Crippen molar-refractivity contribution in [3.8, 4) is 0 Å². The Morgan fingerprint density at radius 3 is 1.33 bits per heavy atom. The molecule has 0 fully saturated rings. The summed E-state index contributed by atoms with van der Waals surface area (Å²) in [7, 11) is 0. The van der Waals surface area contributed by atoms with Crippen molar-refractivity contribution in [2.75, 3.05) is 31.7 Å². The van der Waals surface area contributed by atoms with Crippen molar-refractivity contribution in [2.24, 2.45) is 0 Å². The van der Waals surface area contributed by atoms with Crippen molar-refractivity contribution in [1.29, 1.82) is 0 Å². The number of nitrogens with one attached hydrogen (secondary N) is 3. The maximum Gasteiger partial charge on any atom is 0.252 e. The first kappa shape index (κ1) is 30.4. The monoisotopic (exact) mass is 471 g/mol. The molecule has 0 aliphatic carbocycles. The highest BCUT2D eigenvalue weighted by Crippen LogP contribution is 2.32. The van der Waals surface area contributed by atoms with Crippen LogP contribution in [0.5, 0.6) is 0 Å². The number of rotatable bonds is 10. The molecule has 1 aromatic rings. The molecule has 0 radical (unpaired) electrons. The molecule has 8 N–H and O–H groups in total. The second kappa shape index (κ2) is 14.6. The third-order valence-corrected chi connectivity index (χ3v) is 4.88. The van der Waals surface area contributed by atoms with E-state index in [-0.39, 0.29) is 22.4 Å². The lowest BCUT2D eigenvalue weighted by molar-refractivity contribution is -0.123. The molecule has 1 aromatic carbocycles. The predicted molar refractivity (Wildman–Crippen MR) is 123 cm³/mol. The van der Waals surface area contributed by atoms with E-state index in [0.29, 0.717) is 11.1 Å². The van der Waals surface area contributed by atoms with Gasteiger partial charge in [0, 0.05) is 16.8 Å². The largest absolute Gasteiger partial charge is 0.394 e. The van der Waals surface area contributed by atoms with Gasteiger partial charge in [-0.3, -0.25) is 14.4 Å². The molecular formula is C22H37N3O8. The fourth-order valence-corrected chi connectivity index (χ4v) is 3.13. The predicted octanol–water partition coefficient (Wildman–Crippen LogP) is -0.877. The number of amides is 3. The van der Waals surface area contributed by atoms with Crippen LogP contribution in [0, 0.1) is 20.8 Å². The van der Waals surface area contributed by atoms with Gasteiger partial charge in [-0.25, -0.2) is 0 Å². The summed E-state index contributed by atoms with van der Waals surface area (Å²) in [5.41, 5.74) is 1.09. The molecule has 11 heteroatoms. The first-order chi connectivity index (χ1) is 15.5. The molecule has 0 aliphatic heterocycles. The topological polar surface area (TPSA) is 188 Å². The summed E-state index contributed by atoms with van der Waals surface area (Å²) in [5.74, 6) is -2.13. The van der Waals surface area contributed by atoms with Gasteiger partial charge in [0.15, 0.2) is 0 Å². The Bertz CT molecular complexity index is 765. The third-order valence-electron chi connectivity index (χ3n) is 4.88. The zero-order valence-corrected chi connectivity index (χ0v) is 20.0. The van der Waals surface area contributed by atoms with Crippen LogP contribution >= 0.6 is 0 Å². The number of hydrogen-bond donors (Lipinski definition) is 8. The van der Waals surface area contributed by atoms with E-state index in [9.17, 15) is 39.9 Å². The molecule has 0 aliphatic rings. The van der Waals surface area contributed by atoms with Crippen LogP contribution in [0.25, 0.3) is 0 Å². The van der Waals surface area contributed by atoms with Gasteiger partial charge in [0.1, 0.15) is 6.10 Å². The molecular weight excluding hydrogens is 434 g/mol. The average Bonchev–Trinajstić information content (AvgIpc) is 2.79. The first-order valence-corrected chi connectivity index (χ1v) is 10.7.